The Morgan fingerprint density at radius 2 is 2.15 bits per heavy atom. The van der Waals surface area contributed by atoms with E-state index in [2.05, 4.69) is 0 Å². The van der Waals surface area contributed by atoms with E-state index in [0.717, 1.165) is 12.8 Å². The van der Waals surface area contributed by atoms with Crippen molar-refractivity contribution in [3.63, 3.8) is 0 Å². The van der Waals surface area contributed by atoms with E-state index in [1.807, 2.05) is 6.92 Å². The molecule has 1 saturated carbocycles. The average Bonchev–Trinajstić information content (AvgIpc) is 2.12. The molecule has 0 heterocycles. The highest BCUT2D eigenvalue weighted by Crippen LogP contribution is 2.23. The Balaban J connectivity index is 2.56. The summed E-state index contributed by atoms with van der Waals surface area (Å²) < 4.78 is 0. The molecule has 0 radical (unpaired) electrons. The quantitative estimate of drug-likeness (QED) is 0.668. The van der Waals surface area contributed by atoms with Crippen molar-refractivity contribution in [3.05, 3.63) is 0 Å². The minimum atomic E-state index is -0.586. The smallest absolute Gasteiger partial charge is 0.204 e. The maximum atomic E-state index is 11.3. The maximum absolute atomic E-state index is 11.3. The number of carbonyl (C=O) groups excluding carboxylic acids is 2. The van der Waals surface area contributed by atoms with E-state index in [9.17, 15) is 14.7 Å². The summed E-state index contributed by atoms with van der Waals surface area (Å²) in [6.07, 6.45) is 2.65. The fraction of sp³-hybridized carbons (Fsp3) is 0.800. The van der Waals surface area contributed by atoms with Crippen LogP contribution in [0.25, 0.3) is 0 Å². The average molecular weight is 184 g/mol. The number of Topliss-reactive ketones (excluding diaryl/α,β-unsaturated/α-hetero) is 2. The molecule has 0 bridgehead atoms. The molecule has 1 rings (SSSR count). The van der Waals surface area contributed by atoms with Crippen LogP contribution in [0.3, 0.4) is 0 Å². The molecule has 2 atom stereocenters. The summed E-state index contributed by atoms with van der Waals surface area (Å²) in [5, 5.41) is 9.51. The summed E-state index contributed by atoms with van der Waals surface area (Å²) >= 11 is 0. The fourth-order valence-corrected chi connectivity index (χ4v) is 1.73. The molecular formula is C10H16O3. The molecule has 1 fully saturated rings. The molecule has 0 aliphatic heterocycles. The zero-order chi connectivity index (χ0) is 9.84. The van der Waals surface area contributed by atoms with Crippen LogP contribution in [0, 0.1) is 5.92 Å². The Bertz CT molecular complexity index is 210. The maximum Gasteiger partial charge on any atom is 0.204 e. The van der Waals surface area contributed by atoms with Crippen LogP contribution >= 0.6 is 0 Å². The molecule has 74 valence electrons. The van der Waals surface area contributed by atoms with Gasteiger partial charge in [-0.2, -0.15) is 0 Å². The van der Waals surface area contributed by atoms with Gasteiger partial charge in [-0.15, -0.1) is 0 Å². The SMILES string of the molecule is CCCCC1C(=O)C(=O)CCC1O. The third kappa shape index (κ3) is 2.37. The van der Waals surface area contributed by atoms with Crippen molar-refractivity contribution in [2.75, 3.05) is 0 Å². The van der Waals surface area contributed by atoms with Crippen molar-refractivity contribution < 1.29 is 14.7 Å². The van der Waals surface area contributed by atoms with Gasteiger partial charge < -0.3 is 5.11 Å². The minimum Gasteiger partial charge on any atom is -0.392 e. The molecule has 0 aromatic heterocycles. The zero-order valence-electron chi connectivity index (χ0n) is 7.95. The van der Waals surface area contributed by atoms with E-state index in [4.69, 9.17) is 0 Å². The summed E-state index contributed by atoms with van der Waals surface area (Å²) in [4.78, 5) is 22.4. The van der Waals surface area contributed by atoms with Gasteiger partial charge in [-0.25, -0.2) is 0 Å². The number of hydrogen-bond acceptors (Lipinski definition) is 3. The summed E-state index contributed by atoms with van der Waals surface area (Å²) in [5.74, 6) is -1.07. The second-order valence-electron chi connectivity index (χ2n) is 3.64. The van der Waals surface area contributed by atoms with Gasteiger partial charge in [0.2, 0.25) is 5.78 Å². The van der Waals surface area contributed by atoms with Crippen molar-refractivity contribution in [2.24, 2.45) is 5.92 Å². The van der Waals surface area contributed by atoms with E-state index in [0.29, 0.717) is 12.8 Å². The summed E-state index contributed by atoms with van der Waals surface area (Å²) in [7, 11) is 0. The highest BCUT2D eigenvalue weighted by molar-refractivity contribution is 6.38. The number of ketones is 2. The van der Waals surface area contributed by atoms with Gasteiger partial charge in [0, 0.05) is 6.42 Å². The normalized spacial score (nSPS) is 29.4. The van der Waals surface area contributed by atoms with Crippen LogP contribution in [0.1, 0.15) is 39.0 Å². The van der Waals surface area contributed by atoms with Gasteiger partial charge >= 0.3 is 0 Å². The molecule has 0 saturated heterocycles. The van der Waals surface area contributed by atoms with E-state index < -0.39 is 12.0 Å². The van der Waals surface area contributed by atoms with Gasteiger partial charge in [0.25, 0.3) is 0 Å². The lowest BCUT2D eigenvalue weighted by Crippen LogP contribution is -2.38. The number of aliphatic hydroxyl groups is 1. The van der Waals surface area contributed by atoms with Gasteiger partial charge in [0.15, 0.2) is 5.78 Å². The first-order chi connectivity index (χ1) is 6.16. The van der Waals surface area contributed by atoms with Gasteiger partial charge in [-0.05, 0) is 12.8 Å². The van der Waals surface area contributed by atoms with E-state index >= 15 is 0 Å². The Morgan fingerprint density at radius 1 is 1.46 bits per heavy atom. The van der Waals surface area contributed by atoms with Crippen LogP contribution in [0.2, 0.25) is 0 Å². The molecule has 0 aromatic carbocycles. The lowest BCUT2D eigenvalue weighted by atomic mass is 9.81. The largest absolute Gasteiger partial charge is 0.392 e. The van der Waals surface area contributed by atoms with Gasteiger partial charge in [0.1, 0.15) is 0 Å². The molecule has 3 nitrogen and oxygen atoms in total. The Kier molecular flexibility index (Phi) is 3.60. The second-order valence-corrected chi connectivity index (χ2v) is 3.64. The Labute approximate surface area is 78.1 Å². The fourth-order valence-electron chi connectivity index (χ4n) is 1.73. The standard InChI is InChI=1S/C10H16O3/c1-2-3-4-7-8(11)5-6-9(12)10(7)13/h7-8,11H,2-6H2,1H3. The summed E-state index contributed by atoms with van der Waals surface area (Å²) in [6.45, 7) is 2.03. The first-order valence-electron chi connectivity index (χ1n) is 4.92. The van der Waals surface area contributed by atoms with Crippen molar-refractivity contribution in [3.8, 4) is 0 Å². The first-order valence-corrected chi connectivity index (χ1v) is 4.92. The number of unbranched alkanes of at least 4 members (excludes halogenated alkanes) is 1. The van der Waals surface area contributed by atoms with Crippen molar-refractivity contribution in [2.45, 2.75) is 45.1 Å². The highest BCUT2D eigenvalue weighted by Gasteiger charge is 2.35. The van der Waals surface area contributed by atoms with Gasteiger partial charge in [-0.1, -0.05) is 19.8 Å². The zero-order valence-corrected chi connectivity index (χ0v) is 7.95. The second kappa shape index (κ2) is 4.51. The molecule has 2 unspecified atom stereocenters. The van der Waals surface area contributed by atoms with E-state index in [1.165, 1.54) is 0 Å². The van der Waals surface area contributed by atoms with E-state index in [-0.39, 0.29) is 18.0 Å². The van der Waals surface area contributed by atoms with Crippen molar-refractivity contribution in [1.29, 1.82) is 0 Å². The monoisotopic (exact) mass is 184 g/mol. The molecule has 13 heavy (non-hydrogen) atoms. The Hall–Kier alpha value is -0.700. The summed E-state index contributed by atoms with van der Waals surface area (Å²) in [5.41, 5.74) is 0. The van der Waals surface area contributed by atoms with Crippen LogP contribution in [-0.4, -0.2) is 22.8 Å². The lowest BCUT2D eigenvalue weighted by Gasteiger charge is -2.24. The molecule has 0 amide bonds. The third-order valence-electron chi connectivity index (χ3n) is 2.61. The van der Waals surface area contributed by atoms with Crippen molar-refractivity contribution in [1.82, 2.24) is 0 Å². The van der Waals surface area contributed by atoms with Crippen LogP contribution < -0.4 is 0 Å². The minimum absolute atomic E-state index is 0.225. The molecule has 1 N–H and O–H groups in total. The van der Waals surface area contributed by atoms with Crippen LogP contribution in [0.5, 0.6) is 0 Å². The molecular weight excluding hydrogens is 168 g/mol. The van der Waals surface area contributed by atoms with Gasteiger partial charge in [0.05, 0.1) is 12.0 Å². The van der Waals surface area contributed by atoms with E-state index in [1.54, 1.807) is 0 Å². The third-order valence-corrected chi connectivity index (χ3v) is 2.61. The molecule has 1 aliphatic rings. The predicted molar refractivity (Wildman–Crippen MR) is 48.3 cm³/mol. The molecule has 1 aliphatic carbocycles. The molecule has 0 aromatic rings. The summed E-state index contributed by atoms with van der Waals surface area (Å²) in [6, 6.07) is 0. The van der Waals surface area contributed by atoms with Crippen LogP contribution in [-0.2, 0) is 9.59 Å². The highest BCUT2D eigenvalue weighted by atomic mass is 16.3. The Morgan fingerprint density at radius 3 is 2.77 bits per heavy atom. The number of rotatable bonds is 3. The number of carbonyl (C=O) groups is 2. The molecule has 3 heteroatoms. The predicted octanol–water partition coefficient (Wildman–Crippen LogP) is 1.09. The first kappa shape index (κ1) is 10.4. The topological polar surface area (TPSA) is 54.4 Å². The number of aliphatic hydroxyl groups excluding tert-OH is 1. The van der Waals surface area contributed by atoms with Crippen LogP contribution in [0.15, 0.2) is 0 Å². The van der Waals surface area contributed by atoms with Gasteiger partial charge in [-0.3, -0.25) is 9.59 Å². The van der Waals surface area contributed by atoms with Crippen molar-refractivity contribution >= 4 is 11.6 Å². The molecule has 0 spiro atoms. The lowest BCUT2D eigenvalue weighted by molar-refractivity contribution is -0.145. The van der Waals surface area contributed by atoms with Crippen LogP contribution in [0.4, 0.5) is 0 Å². The number of hydrogen-bond donors (Lipinski definition) is 1.